The van der Waals surface area contributed by atoms with Gasteiger partial charge in [0.2, 0.25) is 0 Å². The van der Waals surface area contributed by atoms with Crippen molar-refractivity contribution >= 4 is 58.1 Å². The summed E-state index contributed by atoms with van der Waals surface area (Å²) < 4.78 is 5.32. The van der Waals surface area contributed by atoms with E-state index < -0.39 is 0 Å². The van der Waals surface area contributed by atoms with Gasteiger partial charge in [0, 0.05) is 29.9 Å². The maximum Gasteiger partial charge on any atom is 0.262 e. The first-order valence-electron chi connectivity index (χ1n) is 13.9. The molecule has 0 spiro atoms. The first kappa shape index (κ1) is 28.8. The van der Waals surface area contributed by atoms with Crippen LogP contribution in [0.4, 0.5) is 23.0 Å². The second-order valence-corrected chi connectivity index (χ2v) is 11.6. The molecule has 1 amide bonds. The molecule has 0 fully saturated rings. The predicted molar refractivity (Wildman–Crippen MR) is 174 cm³/mol. The molecule has 1 N–H and O–H groups in total. The monoisotopic (exact) mass is 613 g/mol. The van der Waals surface area contributed by atoms with Crippen LogP contribution in [0.2, 0.25) is 5.02 Å². The third-order valence-electron chi connectivity index (χ3n) is 7.56. The van der Waals surface area contributed by atoms with E-state index >= 15 is 0 Å². The van der Waals surface area contributed by atoms with E-state index in [4.69, 9.17) is 31.3 Å². The fourth-order valence-electron chi connectivity index (χ4n) is 5.37. The molecule has 0 aliphatic carbocycles. The third kappa shape index (κ3) is 5.72. The van der Waals surface area contributed by atoms with Crippen molar-refractivity contribution < 1.29 is 9.53 Å². The maximum atomic E-state index is 13.7. The van der Waals surface area contributed by atoms with Crippen molar-refractivity contribution in [1.82, 2.24) is 14.9 Å². The number of amides is 1. The van der Waals surface area contributed by atoms with Gasteiger partial charge in [-0.25, -0.2) is 15.0 Å². The Morgan fingerprint density at radius 2 is 1.81 bits per heavy atom. The van der Waals surface area contributed by atoms with Gasteiger partial charge in [-0.3, -0.25) is 4.79 Å². The van der Waals surface area contributed by atoms with Gasteiger partial charge >= 0.3 is 0 Å². The average molecular weight is 614 g/mol. The lowest BCUT2D eigenvalue weighted by Crippen LogP contribution is -2.46. The lowest BCUT2D eigenvalue weighted by atomic mass is 10.1. The Hall–Kier alpha value is -4.28. The molecule has 43 heavy (non-hydrogen) atoms. The standard InChI is InChI=1S/C32H32ClN7O2S/c1-20(29-35-26-12-8-11-25(33)24(26)18-40(29)22-9-6-5-7-10-22)34-28-27-30(37-32(36-28)43-4)39(19-38(2)31(27)41)17-21-13-15-23(42-3)16-14-21/h5-16,20H,17-19H2,1-4H3,(H,34,36,37). The van der Waals surface area contributed by atoms with Crippen LogP contribution < -0.4 is 19.9 Å². The van der Waals surface area contributed by atoms with Crippen LogP contribution >= 0.6 is 23.4 Å². The number of rotatable bonds is 8. The summed E-state index contributed by atoms with van der Waals surface area (Å²) in [4.78, 5) is 34.3. The number of nitrogens with zero attached hydrogens (tertiary/aromatic N) is 6. The third-order valence-corrected chi connectivity index (χ3v) is 8.46. The summed E-state index contributed by atoms with van der Waals surface area (Å²) in [5.74, 6) is 2.54. The van der Waals surface area contributed by atoms with Crippen LogP contribution in [0.1, 0.15) is 28.4 Å². The van der Waals surface area contributed by atoms with E-state index in [0.29, 0.717) is 47.1 Å². The van der Waals surface area contributed by atoms with Gasteiger partial charge in [-0.1, -0.05) is 59.8 Å². The number of amidine groups is 1. The fourth-order valence-corrected chi connectivity index (χ4v) is 5.96. The number of fused-ring (bicyclic) bond motifs is 2. The second kappa shape index (κ2) is 12.1. The van der Waals surface area contributed by atoms with Gasteiger partial charge in [0.25, 0.3) is 5.91 Å². The van der Waals surface area contributed by atoms with Crippen molar-refractivity contribution in [3.63, 3.8) is 0 Å². The van der Waals surface area contributed by atoms with Gasteiger partial charge in [0.15, 0.2) is 5.16 Å². The predicted octanol–water partition coefficient (Wildman–Crippen LogP) is 6.46. The number of benzene rings is 3. The topological polar surface area (TPSA) is 86.2 Å². The van der Waals surface area contributed by atoms with Crippen LogP contribution in [0, 0.1) is 0 Å². The van der Waals surface area contributed by atoms with Crippen molar-refractivity contribution in [3.05, 3.63) is 94.5 Å². The summed E-state index contributed by atoms with van der Waals surface area (Å²) >= 11 is 8.04. The number of hydrogen-bond acceptors (Lipinski definition) is 9. The van der Waals surface area contributed by atoms with Crippen LogP contribution in [0.5, 0.6) is 5.75 Å². The Bertz CT molecular complexity index is 1680. The number of nitrogens with one attached hydrogen (secondary N) is 1. The highest BCUT2D eigenvalue weighted by molar-refractivity contribution is 7.98. The smallest absolute Gasteiger partial charge is 0.262 e. The number of anilines is 3. The number of halogens is 1. The number of carbonyl (C=O) groups is 1. The minimum Gasteiger partial charge on any atom is -0.497 e. The van der Waals surface area contributed by atoms with E-state index in [2.05, 4.69) is 27.2 Å². The molecule has 11 heteroatoms. The lowest BCUT2D eigenvalue weighted by Gasteiger charge is -2.37. The average Bonchev–Trinajstić information content (AvgIpc) is 3.03. The number of methoxy groups -OCH3 is 1. The van der Waals surface area contributed by atoms with Gasteiger partial charge in [-0.2, -0.15) is 0 Å². The van der Waals surface area contributed by atoms with Crippen LogP contribution in [0.3, 0.4) is 0 Å². The summed E-state index contributed by atoms with van der Waals surface area (Å²) in [6.45, 7) is 3.58. The Morgan fingerprint density at radius 3 is 2.53 bits per heavy atom. The molecule has 3 heterocycles. The molecule has 1 atom stereocenters. The van der Waals surface area contributed by atoms with Crippen LogP contribution in [0.15, 0.2) is 82.9 Å². The number of hydrogen-bond donors (Lipinski definition) is 1. The zero-order valence-electron chi connectivity index (χ0n) is 24.4. The fraction of sp³-hybridized carbons (Fsp3) is 0.250. The highest BCUT2D eigenvalue weighted by atomic mass is 35.5. The zero-order chi connectivity index (χ0) is 30.1. The second-order valence-electron chi connectivity index (χ2n) is 10.4. The summed E-state index contributed by atoms with van der Waals surface area (Å²) in [7, 11) is 3.45. The quantitative estimate of drug-likeness (QED) is 0.179. The van der Waals surface area contributed by atoms with E-state index in [0.717, 1.165) is 34.1 Å². The van der Waals surface area contributed by atoms with Crippen LogP contribution in [-0.2, 0) is 13.1 Å². The molecule has 4 aromatic rings. The van der Waals surface area contributed by atoms with Crippen molar-refractivity contribution in [3.8, 4) is 5.75 Å². The molecule has 0 bridgehead atoms. The van der Waals surface area contributed by atoms with Gasteiger partial charge in [-0.15, -0.1) is 0 Å². The highest BCUT2D eigenvalue weighted by Crippen LogP contribution is 2.37. The van der Waals surface area contributed by atoms with Crippen LogP contribution in [-0.4, -0.2) is 59.7 Å². The van der Waals surface area contributed by atoms with E-state index in [1.807, 2.05) is 73.8 Å². The molecule has 1 aromatic heterocycles. The van der Waals surface area contributed by atoms with E-state index in [9.17, 15) is 4.79 Å². The van der Waals surface area contributed by atoms with E-state index in [1.165, 1.54) is 11.8 Å². The molecule has 9 nitrogen and oxygen atoms in total. The molecule has 0 radical (unpaired) electrons. The Kier molecular flexibility index (Phi) is 8.14. The summed E-state index contributed by atoms with van der Waals surface area (Å²) in [5, 5.41) is 4.81. The SMILES string of the molecule is COc1ccc(CN2CN(C)C(=O)c3c(NC(C)C4=Nc5cccc(Cl)c5CN4c4ccccc4)nc(SC)nc32)cc1. The summed E-state index contributed by atoms with van der Waals surface area (Å²) in [6.07, 6.45) is 1.93. The molecule has 220 valence electrons. The Labute approximate surface area is 260 Å². The first-order valence-corrected chi connectivity index (χ1v) is 15.5. The molecule has 6 rings (SSSR count). The zero-order valence-corrected chi connectivity index (χ0v) is 26.0. The highest BCUT2D eigenvalue weighted by Gasteiger charge is 2.34. The van der Waals surface area contributed by atoms with Gasteiger partial charge in [-0.05, 0) is 55.1 Å². The number of carbonyl (C=O) groups excluding carboxylic acids is 1. The Morgan fingerprint density at radius 1 is 1.05 bits per heavy atom. The number of aliphatic imine (C=N–C) groups is 1. The molecule has 0 saturated heterocycles. The molecular weight excluding hydrogens is 582 g/mol. The minimum absolute atomic E-state index is 0.133. The van der Waals surface area contributed by atoms with E-state index in [-0.39, 0.29) is 11.9 Å². The van der Waals surface area contributed by atoms with Crippen molar-refractivity contribution in [2.75, 3.05) is 42.2 Å². The maximum absolute atomic E-state index is 13.7. The van der Waals surface area contributed by atoms with Gasteiger partial charge < -0.3 is 24.8 Å². The van der Waals surface area contributed by atoms with Crippen LogP contribution in [0.25, 0.3) is 0 Å². The summed E-state index contributed by atoms with van der Waals surface area (Å²) in [6, 6.07) is 23.5. The lowest BCUT2D eigenvalue weighted by molar-refractivity contribution is 0.0780. The van der Waals surface area contributed by atoms with Crippen molar-refractivity contribution in [2.45, 2.75) is 31.2 Å². The van der Waals surface area contributed by atoms with Crippen molar-refractivity contribution in [2.24, 2.45) is 4.99 Å². The normalized spacial score (nSPS) is 15.0. The molecule has 2 aliphatic heterocycles. The van der Waals surface area contributed by atoms with Gasteiger partial charge in [0.1, 0.15) is 28.8 Å². The minimum atomic E-state index is -0.309. The first-order chi connectivity index (χ1) is 20.9. The molecular formula is C32H32ClN7O2S. The number of aromatic nitrogens is 2. The Balaban J connectivity index is 1.39. The number of ether oxygens (including phenoxy) is 1. The van der Waals surface area contributed by atoms with Crippen molar-refractivity contribution in [1.29, 1.82) is 0 Å². The van der Waals surface area contributed by atoms with Gasteiger partial charge in [0.05, 0.1) is 32.1 Å². The summed E-state index contributed by atoms with van der Waals surface area (Å²) in [5.41, 5.74) is 4.32. The molecule has 0 saturated carbocycles. The largest absolute Gasteiger partial charge is 0.497 e. The number of para-hydroxylation sites is 1. The molecule has 1 unspecified atom stereocenters. The number of thioether (sulfide) groups is 1. The van der Waals surface area contributed by atoms with E-state index in [1.54, 1.807) is 19.1 Å². The molecule has 3 aromatic carbocycles. The molecule has 2 aliphatic rings.